The molecule has 0 amide bonds. The molecule has 1 saturated heterocycles. The second-order valence-corrected chi connectivity index (χ2v) is 8.11. The van der Waals surface area contributed by atoms with Gasteiger partial charge in [-0.2, -0.15) is 0 Å². The molecule has 0 bridgehead atoms. The number of nitrogens with zero attached hydrogens (tertiary/aromatic N) is 5. The van der Waals surface area contributed by atoms with Gasteiger partial charge in [-0.3, -0.25) is 15.4 Å². The van der Waals surface area contributed by atoms with E-state index in [0.29, 0.717) is 22.8 Å². The number of fused-ring (bicyclic) bond motifs is 1. The molecule has 9 heteroatoms. The molecule has 4 aromatic rings. The molecule has 0 unspecified atom stereocenters. The molecule has 1 fully saturated rings. The summed E-state index contributed by atoms with van der Waals surface area (Å²) in [6, 6.07) is 7.42. The number of imidazole rings is 1. The molecule has 0 saturated carbocycles. The number of likely N-dealkylation sites (N-methyl/N-ethyl adjacent to an activating group) is 1. The molecule has 0 radical (unpaired) electrons. The summed E-state index contributed by atoms with van der Waals surface area (Å²) in [5, 5.41) is 8.83. The van der Waals surface area contributed by atoms with Crippen LogP contribution in [0.2, 0.25) is 0 Å². The van der Waals surface area contributed by atoms with E-state index in [0.717, 1.165) is 54.0 Å². The summed E-state index contributed by atoms with van der Waals surface area (Å²) < 4.78 is 0. The fourth-order valence-corrected chi connectivity index (χ4v) is 4.01. The van der Waals surface area contributed by atoms with Crippen LogP contribution in [0.1, 0.15) is 11.4 Å². The zero-order chi connectivity index (χ0) is 22.2. The molecular weight excluding hydrogens is 402 g/mol. The Kier molecular flexibility index (Phi) is 4.95. The highest BCUT2D eigenvalue weighted by molar-refractivity contribution is 6.13. The number of anilines is 3. The van der Waals surface area contributed by atoms with Crippen molar-refractivity contribution < 1.29 is 0 Å². The molecule has 162 valence electrons. The average Bonchev–Trinajstić information content (AvgIpc) is 3.24. The van der Waals surface area contributed by atoms with Gasteiger partial charge >= 0.3 is 0 Å². The minimum Gasteiger partial charge on any atom is -0.398 e. The minimum atomic E-state index is 0.224. The molecular formula is C23H25N9. The van der Waals surface area contributed by atoms with Crippen molar-refractivity contribution in [3.63, 3.8) is 0 Å². The van der Waals surface area contributed by atoms with Gasteiger partial charge in [-0.15, -0.1) is 0 Å². The van der Waals surface area contributed by atoms with Crippen molar-refractivity contribution in [3.8, 4) is 11.1 Å². The van der Waals surface area contributed by atoms with Crippen molar-refractivity contribution in [2.45, 2.75) is 0 Å². The first kappa shape index (κ1) is 20.0. The van der Waals surface area contributed by atoms with Crippen LogP contribution >= 0.6 is 0 Å². The molecule has 4 heterocycles. The van der Waals surface area contributed by atoms with E-state index >= 15 is 0 Å². The van der Waals surface area contributed by atoms with Crippen LogP contribution in [0, 0.1) is 5.41 Å². The summed E-state index contributed by atoms with van der Waals surface area (Å²) >= 11 is 0. The molecule has 1 aliphatic rings. The lowest BCUT2D eigenvalue weighted by molar-refractivity contribution is 0.313. The number of pyridine rings is 2. The van der Waals surface area contributed by atoms with Gasteiger partial charge in [0.25, 0.3) is 0 Å². The Labute approximate surface area is 185 Å². The van der Waals surface area contributed by atoms with E-state index in [1.54, 1.807) is 24.7 Å². The normalized spacial score (nSPS) is 14.7. The first-order valence-corrected chi connectivity index (χ1v) is 10.5. The Bertz CT molecular complexity index is 1300. The van der Waals surface area contributed by atoms with Gasteiger partial charge in [0.2, 0.25) is 0 Å². The molecule has 32 heavy (non-hydrogen) atoms. The SMILES string of the molecule is CN1CCN(c2cncc3[nH]c(C(=N)c4cc(-c5cncc(N)c5)ccc4N)nc23)CC1. The number of hydrogen-bond donors (Lipinski definition) is 4. The number of nitrogen functional groups attached to an aromatic ring is 2. The number of piperazine rings is 1. The van der Waals surface area contributed by atoms with Gasteiger partial charge in [0.15, 0.2) is 5.82 Å². The molecule has 1 aromatic carbocycles. The summed E-state index contributed by atoms with van der Waals surface area (Å²) in [6.45, 7) is 3.82. The van der Waals surface area contributed by atoms with E-state index < -0.39 is 0 Å². The van der Waals surface area contributed by atoms with Crippen LogP contribution in [0.4, 0.5) is 17.1 Å². The molecule has 5 rings (SSSR count). The van der Waals surface area contributed by atoms with Crippen LogP contribution in [0.5, 0.6) is 0 Å². The smallest absolute Gasteiger partial charge is 0.157 e. The lowest BCUT2D eigenvalue weighted by Gasteiger charge is -2.33. The monoisotopic (exact) mass is 427 g/mol. The quantitative estimate of drug-likeness (QED) is 0.290. The maximum atomic E-state index is 8.83. The van der Waals surface area contributed by atoms with Crippen LogP contribution < -0.4 is 16.4 Å². The first-order valence-electron chi connectivity index (χ1n) is 10.5. The third kappa shape index (κ3) is 3.63. The zero-order valence-corrected chi connectivity index (χ0v) is 17.8. The Morgan fingerprint density at radius 1 is 0.969 bits per heavy atom. The summed E-state index contributed by atoms with van der Waals surface area (Å²) in [5.74, 6) is 0.456. The van der Waals surface area contributed by atoms with Gasteiger partial charge in [0, 0.05) is 55.4 Å². The Morgan fingerprint density at radius 3 is 2.53 bits per heavy atom. The second kappa shape index (κ2) is 7.93. The lowest BCUT2D eigenvalue weighted by Crippen LogP contribution is -2.44. The van der Waals surface area contributed by atoms with Crippen LogP contribution in [-0.2, 0) is 0 Å². The van der Waals surface area contributed by atoms with Crippen molar-refractivity contribution in [2.24, 2.45) is 0 Å². The van der Waals surface area contributed by atoms with E-state index in [1.807, 2.05) is 24.4 Å². The fourth-order valence-electron chi connectivity index (χ4n) is 4.01. The second-order valence-electron chi connectivity index (χ2n) is 8.11. The summed E-state index contributed by atoms with van der Waals surface area (Å²) in [6.07, 6.45) is 6.94. The summed E-state index contributed by atoms with van der Waals surface area (Å²) in [4.78, 5) is 21.2. The van der Waals surface area contributed by atoms with Crippen molar-refractivity contribution >= 4 is 33.8 Å². The molecule has 0 aliphatic carbocycles. The van der Waals surface area contributed by atoms with Gasteiger partial charge in [-0.05, 0) is 30.8 Å². The van der Waals surface area contributed by atoms with Crippen molar-refractivity contribution in [2.75, 3.05) is 49.6 Å². The predicted octanol–water partition coefficient (Wildman–Crippen LogP) is 2.35. The summed E-state index contributed by atoms with van der Waals surface area (Å²) in [7, 11) is 2.13. The number of hydrogen-bond acceptors (Lipinski definition) is 8. The third-order valence-electron chi connectivity index (χ3n) is 5.87. The van der Waals surface area contributed by atoms with Gasteiger partial charge < -0.3 is 26.3 Å². The summed E-state index contributed by atoms with van der Waals surface area (Å²) in [5.41, 5.74) is 18.4. The molecule has 3 aromatic heterocycles. The fraction of sp³-hybridized carbons (Fsp3) is 0.217. The average molecular weight is 428 g/mol. The zero-order valence-electron chi connectivity index (χ0n) is 17.8. The number of benzene rings is 1. The van der Waals surface area contributed by atoms with Gasteiger partial charge in [-0.25, -0.2) is 4.98 Å². The number of aromatic nitrogens is 4. The van der Waals surface area contributed by atoms with Crippen molar-refractivity contribution in [1.29, 1.82) is 5.41 Å². The van der Waals surface area contributed by atoms with E-state index in [4.69, 9.17) is 21.9 Å². The molecule has 9 nitrogen and oxygen atoms in total. The first-order chi connectivity index (χ1) is 15.5. The Morgan fingerprint density at radius 2 is 1.75 bits per heavy atom. The number of nitrogens with two attached hydrogens (primary N) is 2. The Balaban J connectivity index is 1.51. The minimum absolute atomic E-state index is 0.224. The number of aromatic amines is 1. The van der Waals surface area contributed by atoms with E-state index in [2.05, 4.69) is 31.8 Å². The third-order valence-corrected chi connectivity index (χ3v) is 5.87. The maximum absolute atomic E-state index is 8.83. The largest absolute Gasteiger partial charge is 0.398 e. The number of H-pyrrole nitrogens is 1. The topological polar surface area (TPSA) is 137 Å². The van der Waals surface area contributed by atoms with E-state index in [1.165, 1.54) is 0 Å². The molecule has 0 atom stereocenters. The molecule has 1 aliphatic heterocycles. The highest BCUT2D eigenvalue weighted by atomic mass is 15.3. The maximum Gasteiger partial charge on any atom is 0.157 e. The highest BCUT2D eigenvalue weighted by Crippen LogP contribution is 2.28. The lowest BCUT2D eigenvalue weighted by atomic mass is 10.00. The van der Waals surface area contributed by atoms with Gasteiger partial charge in [0.1, 0.15) is 11.2 Å². The molecule has 6 N–H and O–H groups in total. The van der Waals surface area contributed by atoms with E-state index in [-0.39, 0.29) is 5.71 Å². The van der Waals surface area contributed by atoms with Crippen molar-refractivity contribution in [3.05, 3.63) is 60.4 Å². The number of rotatable bonds is 4. The van der Waals surface area contributed by atoms with Crippen LogP contribution in [0.3, 0.4) is 0 Å². The number of nitrogens with one attached hydrogen (secondary N) is 2. The van der Waals surface area contributed by atoms with Gasteiger partial charge in [0.05, 0.1) is 29.3 Å². The van der Waals surface area contributed by atoms with E-state index in [9.17, 15) is 0 Å². The predicted molar refractivity (Wildman–Crippen MR) is 128 cm³/mol. The van der Waals surface area contributed by atoms with Crippen LogP contribution in [-0.4, -0.2) is 63.8 Å². The van der Waals surface area contributed by atoms with Crippen molar-refractivity contribution in [1.82, 2.24) is 24.8 Å². The van der Waals surface area contributed by atoms with Gasteiger partial charge in [-0.1, -0.05) is 6.07 Å². The van der Waals surface area contributed by atoms with Crippen LogP contribution in [0.25, 0.3) is 22.2 Å². The highest BCUT2D eigenvalue weighted by Gasteiger charge is 2.20. The molecule has 0 spiro atoms. The van der Waals surface area contributed by atoms with Crippen LogP contribution in [0.15, 0.2) is 49.1 Å². The standard InChI is InChI=1S/C23H25N9/c1-31-4-6-32(7-5-31)20-13-28-12-19-22(20)30-23(29-19)21(26)17-9-14(2-3-18(17)25)15-8-16(24)11-27-10-15/h2-3,8-13,26H,4-7,24-25H2,1H3,(H,29,30). The Hall–Kier alpha value is -3.98.